The van der Waals surface area contributed by atoms with Gasteiger partial charge >= 0.3 is 0 Å². The Kier molecular flexibility index (Phi) is 4.75. The number of nitro groups is 1. The summed E-state index contributed by atoms with van der Waals surface area (Å²) in [5.41, 5.74) is 0.747. The first-order chi connectivity index (χ1) is 12.1. The largest absolute Gasteiger partial charge is 0.497 e. The molecule has 0 amide bonds. The summed E-state index contributed by atoms with van der Waals surface area (Å²) in [6.45, 7) is 0. The molecule has 0 atom stereocenters. The van der Waals surface area contributed by atoms with E-state index in [0.29, 0.717) is 17.3 Å². The number of hydrogen-bond acceptors (Lipinski definition) is 6. The second kappa shape index (κ2) is 7.31. The fourth-order valence-electron chi connectivity index (χ4n) is 2.10. The molecule has 0 aliphatic heterocycles. The summed E-state index contributed by atoms with van der Waals surface area (Å²) in [5.74, 6) is 2.68. The van der Waals surface area contributed by atoms with Gasteiger partial charge in [0, 0.05) is 11.8 Å². The van der Waals surface area contributed by atoms with E-state index in [1.54, 1.807) is 13.2 Å². The average molecular weight is 337 g/mol. The maximum atomic E-state index is 10.6. The minimum Gasteiger partial charge on any atom is -0.497 e. The van der Waals surface area contributed by atoms with Gasteiger partial charge in [0.2, 0.25) is 0 Å². The summed E-state index contributed by atoms with van der Waals surface area (Å²) in [7, 11) is 1.61. The number of hydrogen-bond donors (Lipinski definition) is 1. The molecule has 25 heavy (non-hydrogen) atoms. The number of nitrogens with zero attached hydrogens (tertiary/aromatic N) is 2. The molecule has 2 aromatic carbocycles. The quantitative estimate of drug-likeness (QED) is 0.525. The Morgan fingerprint density at radius 1 is 0.920 bits per heavy atom. The molecule has 0 spiro atoms. The number of anilines is 2. The first kappa shape index (κ1) is 16.3. The van der Waals surface area contributed by atoms with Crippen molar-refractivity contribution >= 4 is 17.2 Å². The molecule has 3 aromatic rings. The highest BCUT2D eigenvalue weighted by Crippen LogP contribution is 2.26. The lowest BCUT2D eigenvalue weighted by Crippen LogP contribution is -1.95. The first-order valence-electron chi connectivity index (χ1n) is 7.43. The highest BCUT2D eigenvalue weighted by atomic mass is 16.6. The maximum Gasteiger partial charge on any atom is 0.287 e. The molecule has 0 radical (unpaired) electrons. The maximum absolute atomic E-state index is 10.6. The fraction of sp³-hybridized carbons (Fsp3) is 0.0556. The van der Waals surface area contributed by atoms with Gasteiger partial charge in [-0.15, -0.1) is 0 Å². The van der Waals surface area contributed by atoms with E-state index in [9.17, 15) is 10.1 Å². The molecule has 7 heteroatoms. The Morgan fingerprint density at radius 2 is 1.52 bits per heavy atom. The molecule has 0 bridgehead atoms. The molecule has 126 valence electrons. The van der Waals surface area contributed by atoms with Crippen LogP contribution in [0.25, 0.3) is 0 Å². The number of methoxy groups -OCH3 is 1. The van der Waals surface area contributed by atoms with Gasteiger partial charge in [-0.2, -0.15) is 0 Å². The molecular weight excluding hydrogens is 322 g/mol. The number of rotatable bonds is 6. The van der Waals surface area contributed by atoms with E-state index < -0.39 is 4.92 Å². The summed E-state index contributed by atoms with van der Waals surface area (Å²) in [6, 6.07) is 17.6. The summed E-state index contributed by atoms with van der Waals surface area (Å²) in [4.78, 5) is 14.1. The van der Waals surface area contributed by atoms with E-state index in [1.165, 1.54) is 12.3 Å². The number of aromatic nitrogens is 1. The molecule has 0 fully saturated rings. The van der Waals surface area contributed by atoms with Crippen molar-refractivity contribution < 1.29 is 14.4 Å². The predicted molar refractivity (Wildman–Crippen MR) is 93.7 cm³/mol. The third-order valence-electron chi connectivity index (χ3n) is 3.38. The van der Waals surface area contributed by atoms with Crippen LogP contribution in [0.4, 0.5) is 17.2 Å². The van der Waals surface area contributed by atoms with Crippen LogP contribution in [0, 0.1) is 10.1 Å². The Morgan fingerprint density at radius 3 is 2.04 bits per heavy atom. The number of pyridine rings is 1. The van der Waals surface area contributed by atoms with Crippen LogP contribution >= 0.6 is 0 Å². The highest BCUT2D eigenvalue weighted by molar-refractivity contribution is 5.58. The van der Waals surface area contributed by atoms with Crippen molar-refractivity contribution in [2.75, 3.05) is 12.4 Å². The van der Waals surface area contributed by atoms with Gasteiger partial charge in [0.15, 0.2) is 0 Å². The van der Waals surface area contributed by atoms with Gasteiger partial charge < -0.3 is 14.8 Å². The van der Waals surface area contributed by atoms with E-state index in [0.717, 1.165) is 11.4 Å². The molecule has 0 aliphatic carbocycles. The normalized spacial score (nSPS) is 10.1. The monoisotopic (exact) mass is 337 g/mol. The lowest BCUT2D eigenvalue weighted by Gasteiger charge is -2.09. The van der Waals surface area contributed by atoms with Crippen molar-refractivity contribution in [3.8, 4) is 17.2 Å². The highest BCUT2D eigenvalue weighted by Gasteiger charge is 2.05. The standard InChI is InChI=1S/C18H15N3O4/c1-24-15-7-9-17(10-8-15)25-16-5-2-13(3-6-16)20-18-11-4-14(12-19-18)21(22)23/h2-12H,1H3,(H,19,20). The molecule has 1 aromatic heterocycles. The van der Waals surface area contributed by atoms with Gasteiger partial charge in [0.1, 0.15) is 29.3 Å². The molecule has 1 N–H and O–H groups in total. The van der Waals surface area contributed by atoms with Gasteiger partial charge in [-0.3, -0.25) is 10.1 Å². The smallest absolute Gasteiger partial charge is 0.287 e. The van der Waals surface area contributed by atoms with Gasteiger partial charge in [0.05, 0.1) is 12.0 Å². The van der Waals surface area contributed by atoms with Crippen LogP contribution in [0.2, 0.25) is 0 Å². The molecular formula is C18H15N3O4. The van der Waals surface area contributed by atoms with Crippen LogP contribution in [0.1, 0.15) is 0 Å². The number of benzene rings is 2. The number of nitrogens with one attached hydrogen (secondary N) is 1. The minimum atomic E-state index is -0.484. The molecule has 0 saturated heterocycles. The predicted octanol–water partition coefficient (Wildman–Crippen LogP) is 4.53. The van der Waals surface area contributed by atoms with Crippen LogP contribution in [0.5, 0.6) is 17.2 Å². The topological polar surface area (TPSA) is 86.5 Å². The van der Waals surface area contributed by atoms with Crippen molar-refractivity contribution in [2.45, 2.75) is 0 Å². The second-order valence-corrected chi connectivity index (χ2v) is 5.09. The SMILES string of the molecule is COc1ccc(Oc2ccc(Nc3ccc([N+](=O)[O-])cn3)cc2)cc1. The summed E-state index contributed by atoms with van der Waals surface area (Å²) < 4.78 is 10.9. The molecule has 0 saturated carbocycles. The van der Waals surface area contributed by atoms with Crippen LogP contribution in [-0.2, 0) is 0 Å². The fourth-order valence-corrected chi connectivity index (χ4v) is 2.10. The Balaban J connectivity index is 1.64. The zero-order chi connectivity index (χ0) is 17.6. The van der Waals surface area contributed by atoms with Crippen molar-refractivity contribution in [2.24, 2.45) is 0 Å². The summed E-state index contributed by atoms with van der Waals surface area (Å²) in [5, 5.41) is 13.7. The Labute approximate surface area is 144 Å². The van der Waals surface area contributed by atoms with Crippen LogP contribution in [0.15, 0.2) is 66.9 Å². The van der Waals surface area contributed by atoms with E-state index in [2.05, 4.69) is 10.3 Å². The average Bonchev–Trinajstić information content (AvgIpc) is 2.64. The first-order valence-corrected chi connectivity index (χ1v) is 7.43. The second-order valence-electron chi connectivity index (χ2n) is 5.09. The third-order valence-corrected chi connectivity index (χ3v) is 3.38. The van der Waals surface area contributed by atoms with Crippen molar-refractivity contribution in [1.82, 2.24) is 4.98 Å². The summed E-state index contributed by atoms with van der Waals surface area (Å²) in [6.07, 6.45) is 1.21. The minimum absolute atomic E-state index is 0.0474. The zero-order valence-corrected chi connectivity index (χ0v) is 13.4. The lowest BCUT2D eigenvalue weighted by atomic mass is 10.3. The van der Waals surface area contributed by atoms with Crippen LogP contribution in [0.3, 0.4) is 0 Å². The molecule has 7 nitrogen and oxygen atoms in total. The van der Waals surface area contributed by atoms with E-state index in [1.807, 2.05) is 48.5 Å². The Bertz CT molecular complexity index is 847. The number of ether oxygens (including phenoxy) is 2. The van der Waals surface area contributed by atoms with Gasteiger partial charge in [-0.1, -0.05) is 0 Å². The molecule has 1 heterocycles. The van der Waals surface area contributed by atoms with Gasteiger partial charge in [-0.25, -0.2) is 4.98 Å². The summed E-state index contributed by atoms with van der Waals surface area (Å²) >= 11 is 0. The van der Waals surface area contributed by atoms with Crippen LogP contribution in [-0.4, -0.2) is 17.0 Å². The molecule has 0 aliphatic rings. The van der Waals surface area contributed by atoms with E-state index in [-0.39, 0.29) is 5.69 Å². The van der Waals surface area contributed by atoms with Gasteiger partial charge in [0.25, 0.3) is 5.69 Å². The molecule has 0 unspecified atom stereocenters. The van der Waals surface area contributed by atoms with Crippen molar-refractivity contribution in [1.29, 1.82) is 0 Å². The lowest BCUT2D eigenvalue weighted by molar-refractivity contribution is -0.385. The van der Waals surface area contributed by atoms with E-state index in [4.69, 9.17) is 9.47 Å². The zero-order valence-electron chi connectivity index (χ0n) is 13.4. The Hall–Kier alpha value is -3.61. The van der Waals surface area contributed by atoms with Gasteiger partial charge in [-0.05, 0) is 54.6 Å². The van der Waals surface area contributed by atoms with Crippen molar-refractivity contribution in [3.05, 3.63) is 77.0 Å². The van der Waals surface area contributed by atoms with Crippen molar-refractivity contribution in [3.63, 3.8) is 0 Å². The van der Waals surface area contributed by atoms with Crippen LogP contribution < -0.4 is 14.8 Å². The third kappa shape index (κ3) is 4.23. The van der Waals surface area contributed by atoms with E-state index >= 15 is 0 Å². The molecule has 3 rings (SSSR count).